The van der Waals surface area contributed by atoms with E-state index in [9.17, 15) is 4.79 Å². The Morgan fingerprint density at radius 3 is 2.50 bits per heavy atom. The molecule has 0 unspecified atom stereocenters. The van der Waals surface area contributed by atoms with Crippen LogP contribution in [0.4, 0.5) is 0 Å². The molecular formula is C18H22N2O2. The van der Waals surface area contributed by atoms with Gasteiger partial charge in [0.1, 0.15) is 0 Å². The van der Waals surface area contributed by atoms with E-state index in [0.717, 1.165) is 18.4 Å². The molecule has 4 nitrogen and oxygen atoms in total. The Bertz CT molecular complexity index is 613. The molecule has 1 aliphatic rings. The van der Waals surface area contributed by atoms with Crippen LogP contribution in [0.3, 0.4) is 0 Å². The molecule has 1 aromatic carbocycles. The van der Waals surface area contributed by atoms with Crippen molar-refractivity contribution in [3.05, 3.63) is 42.1 Å². The first-order chi connectivity index (χ1) is 10.8. The van der Waals surface area contributed by atoms with Crippen molar-refractivity contribution in [2.24, 2.45) is 0 Å². The van der Waals surface area contributed by atoms with E-state index in [1.807, 2.05) is 42.3 Å². The summed E-state index contributed by atoms with van der Waals surface area (Å²) in [4.78, 5) is 14.4. The van der Waals surface area contributed by atoms with Gasteiger partial charge in [0.2, 0.25) is 0 Å². The Morgan fingerprint density at radius 2 is 1.82 bits per heavy atom. The van der Waals surface area contributed by atoms with Crippen molar-refractivity contribution in [2.75, 3.05) is 7.05 Å². The highest BCUT2D eigenvalue weighted by molar-refractivity contribution is 5.93. The third-order valence-electron chi connectivity index (χ3n) is 4.48. The predicted molar refractivity (Wildman–Crippen MR) is 85.5 cm³/mol. The van der Waals surface area contributed by atoms with Crippen LogP contribution in [0, 0.1) is 0 Å². The van der Waals surface area contributed by atoms with Crippen molar-refractivity contribution in [2.45, 2.75) is 44.6 Å². The van der Waals surface area contributed by atoms with E-state index < -0.39 is 0 Å². The summed E-state index contributed by atoms with van der Waals surface area (Å²) in [5.74, 6) is 0.594. The lowest BCUT2D eigenvalue weighted by Gasteiger charge is -2.26. The van der Waals surface area contributed by atoms with E-state index in [2.05, 4.69) is 5.16 Å². The molecule has 1 aliphatic carbocycles. The minimum Gasteiger partial charge on any atom is -0.355 e. The number of hydrogen-bond donors (Lipinski definition) is 0. The first-order valence-electron chi connectivity index (χ1n) is 8.05. The Labute approximate surface area is 131 Å². The third-order valence-corrected chi connectivity index (χ3v) is 4.48. The molecule has 0 aliphatic heterocycles. The van der Waals surface area contributed by atoms with Crippen LogP contribution in [0.15, 0.2) is 40.9 Å². The molecule has 1 amide bonds. The molecule has 1 heterocycles. The molecule has 0 radical (unpaired) electrons. The highest BCUT2D eigenvalue weighted by Gasteiger charge is 2.24. The third kappa shape index (κ3) is 3.21. The second-order valence-electron chi connectivity index (χ2n) is 6.00. The van der Waals surface area contributed by atoms with E-state index in [1.54, 1.807) is 6.07 Å². The summed E-state index contributed by atoms with van der Waals surface area (Å²) in [5.41, 5.74) is 1.33. The van der Waals surface area contributed by atoms with Gasteiger partial charge in [0.05, 0.1) is 0 Å². The van der Waals surface area contributed by atoms with Crippen LogP contribution in [-0.2, 0) is 0 Å². The smallest absolute Gasteiger partial charge is 0.276 e. The normalized spacial score (nSPS) is 16.2. The van der Waals surface area contributed by atoms with Crippen LogP contribution in [-0.4, -0.2) is 29.1 Å². The van der Waals surface area contributed by atoms with Gasteiger partial charge in [-0.05, 0) is 12.8 Å². The van der Waals surface area contributed by atoms with E-state index in [0.29, 0.717) is 17.5 Å². The van der Waals surface area contributed by atoms with Gasteiger partial charge in [-0.25, -0.2) is 0 Å². The van der Waals surface area contributed by atoms with Gasteiger partial charge in [-0.3, -0.25) is 4.79 Å². The molecule has 1 aromatic heterocycles. The van der Waals surface area contributed by atoms with Gasteiger partial charge >= 0.3 is 0 Å². The molecule has 0 atom stereocenters. The molecule has 2 aromatic rings. The fourth-order valence-corrected chi connectivity index (χ4v) is 3.11. The highest BCUT2D eigenvalue weighted by Crippen LogP contribution is 2.24. The summed E-state index contributed by atoms with van der Waals surface area (Å²) >= 11 is 0. The summed E-state index contributed by atoms with van der Waals surface area (Å²) in [5, 5.41) is 3.97. The zero-order valence-corrected chi connectivity index (χ0v) is 13.0. The number of carbonyl (C=O) groups is 1. The number of rotatable bonds is 3. The molecule has 0 N–H and O–H groups in total. The maximum Gasteiger partial charge on any atom is 0.276 e. The van der Waals surface area contributed by atoms with Gasteiger partial charge in [-0.15, -0.1) is 0 Å². The van der Waals surface area contributed by atoms with Crippen LogP contribution < -0.4 is 0 Å². The average Bonchev–Trinajstić information content (AvgIpc) is 2.90. The van der Waals surface area contributed by atoms with Crippen molar-refractivity contribution in [1.29, 1.82) is 0 Å². The lowest BCUT2D eigenvalue weighted by molar-refractivity contribution is 0.0707. The molecule has 0 bridgehead atoms. The molecular weight excluding hydrogens is 276 g/mol. The van der Waals surface area contributed by atoms with Gasteiger partial charge in [0.25, 0.3) is 5.91 Å². The van der Waals surface area contributed by atoms with Gasteiger partial charge in [0, 0.05) is 24.7 Å². The average molecular weight is 298 g/mol. The summed E-state index contributed by atoms with van der Waals surface area (Å²) in [6.45, 7) is 0. The largest absolute Gasteiger partial charge is 0.355 e. The van der Waals surface area contributed by atoms with Crippen LogP contribution in [0.25, 0.3) is 11.3 Å². The number of nitrogens with zero attached hydrogens (tertiary/aromatic N) is 2. The van der Waals surface area contributed by atoms with E-state index in [1.165, 1.54) is 25.7 Å². The van der Waals surface area contributed by atoms with Crippen LogP contribution in [0.1, 0.15) is 49.0 Å². The van der Waals surface area contributed by atoms with Gasteiger partial charge in [0.15, 0.2) is 11.5 Å². The zero-order valence-electron chi connectivity index (χ0n) is 13.0. The van der Waals surface area contributed by atoms with Crippen LogP contribution in [0.5, 0.6) is 0 Å². The summed E-state index contributed by atoms with van der Waals surface area (Å²) in [6, 6.07) is 11.8. The van der Waals surface area contributed by atoms with E-state index in [-0.39, 0.29) is 5.91 Å². The second kappa shape index (κ2) is 6.77. The number of benzene rings is 1. The molecule has 0 saturated heterocycles. The van der Waals surface area contributed by atoms with Crippen molar-refractivity contribution in [1.82, 2.24) is 10.1 Å². The van der Waals surface area contributed by atoms with Crippen molar-refractivity contribution < 1.29 is 9.32 Å². The lowest BCUT2D eigenvalue weighted by Crippen LogP contribution is -2.36. The number of carbonyl (C=O) groups excluding carboxylic acids is 1. The predicted octanol–water partition coefficient (Wildman–Crippen LogP) is 4.14. The Hall–Kier alpha value is -2.10. The fraction of sp³-hybridized carbons (Fsp3) is 0.444. The maximum atomic E-state index is 12.6. The lowest BCUT2D eigenvalue weighted by atomic mass is 10.1. The zero-order chi connectivity index (χ0) is 15.4. The van der Waals surface area contributed by atoms with Crippen molar-refractivity contribution >= 4 is 5.91 Å². The van der Waals surface area contributed by atoms with Gasteiger partial charge in [-0.1, -0.05) is 61.2 Å². The number of aromatic nitrogens is 1. The minimum absolute atomic E-state index is 0.0437. The van der Waals surface area contributed by atoms with Crippen LogP contribution in [0.2, 0.25) is 0 Å². The molecule has 0 spiro atoms. The van der Waals surface area contributed by atoms with Gasteiger partial charge in [-0.2, -0.15) is 0 Å². The minimum atomic E-state index is -0.0437. The SMILES string of the molecule is CN(C(=O)c1cc(-c2ccccc2)on1)C1CCCCCC1. The Morgan fingerprint density at radius 1 is 1.14 bits per heavy atom. The summed E-state index contributed by atoms with van der Waals surface area (Å²) in [6.07, 6.45) is 7.14. The quantitative estimate of drug-likeness (QED) is 0.800. The fourth-order valence-electron chi connectivity index (χ4n) is 3.11. The Kier molecular flexibility index (Phi) is 4.56. The summed E-state index contributed by atoms with van der Waals surface area (Å²) < 4.78 is 5.34. The molecule has 22 heavy (non-hydrogen) atoms. The van der Waals surface area contributed by atoms with Crippen molar-refractivity contribution in [3.63, 3.8) is 0 Å². The monoisotopic (exact) mass is 298 g/mol. The van der Waals surface area contributed by atoms with Crippen LogP contribution >= 0.6 is 0 Å². The maximum absolute atomic E-state index is 12.6. The Balaban J connectivity index is 1.73. The molecule has 4 heteroatoms. The molecule has 1 fully saturated rings. The summed E-state index contributed by atoms with van der Waals surface area (Å²) in [7, 11) is 1.88. The first-order valence-corrected chi connectivity index (χ1v) is 8.05. The second-order valence-corrected chi connectivity index (χ2v) is 6.00. The molecule has 116 valence electrons. The number of amides is 1. The number of hydrogen-bond acceptors (Lipinski definition) is 3. The standard InChI is InChI=1S/C18H22N2O2/c1-20(15-11-7-2-3-8-12-15)18(21)16-13-17(22-19-16)14-9-5-4-6-10-14/h4-6,9-10,13,15H,2-3,7-8,11-12H2,1H3. The highest BCUT2D eigenvalue weighted by atomic mass is 16.5. The van der Waals surface area contributed by atoms with E-state index in [4.69, 9.17) is 4.52 Å². The molecule has 1 saturated carbocycles. The molecule has 3 rings (SSSR count). The first kappa shape index (κ1) is 14.8. The van der Waals surface area contributed by atoms with Crippen molar-refractivity contribution in [3.8, 4) is 11.3 Å². The van der Waals surface area contributed by atoms with E-state index >= 15 is 0 Å². The van der Waals surface area contributed by atoms with Gasteiger partial charge < -0.3 is 9.42 Å². The topological polar surface area (TPSA) is 46.3 Å².